The molecule has 0 unspecified atom stereocenters. The zero-order valence-corrected chi connectivity index (χ0v) is 13.2. The maximum Gasteiger partial charge on any atom is 0.269 e. The van der Waals surface area contributed by atoms with Crippen molar-refractivity contribution in [1.29, 1.82) is 0 Å². The van der Waals surface area contributed by atoms with Gasteiger partial charge in [0.05, 0.1) is 5.56 Å². The third-order valence-electron chi connectivity index (χ3n) is 4.46. The summed E-state index contributed by atoms with van der Waals surface area (Å²) in [4.78, 5) is 0. The van der Waals surface area contributed by atoms with E-state index in [1.807, 2.05) is 19.1 Å². The molecule has 0 spiro atoms. The molecule has 3 rings (SSSR count). The second kappa shape index (κ2) is 6.34. The molecule has 0 amide bonds. The van der Waals surface area contributed by atoms with Gasteiger partial charge in [0.15, 0.2) is 0 Å². The molecule has 1 fully saturated rings. The van der Waals surface area contributed by atoms with Crippen LogP contribution >= 0.6 is 0 Å². The summed E-state index contributed by atoms with van der Waals surface area (Å²) in [6.45, 7) is 2.23. The van der Waals surface area contributed by atoms with Crippen LogP contribution in [0.5, 0.6) is 0 Å². The molecule has 2 aromatic rings. The molecule has 1 saturated carbocycles. The van der Waals surface area contributed by atoms with Crippen LogP contribution in [0.2, 0.25) is 0 Å². The maximum absolute atomic E-state index is 13.7. The van der Waals surface area contributed by atoms with Crippen molar-refractivity contribution in [2.45, 2.75) is 38.7 Å². The van der Waals surface area contributed by atoms with Crippen LogP contribution < -0.4 is 11.1 Å². The summed E-state index contributed by atoms with van der Waals surface area (Å²) in [5, 5.41) is 2.92. The maximum atomic E-state index is 13.7. The molecule has 0 aromatic heterocycles. The molecular formula is C18H18F4N2. The number of anilines is 2. The Morgan fingerprint density at radius 3 is 2.33 bits per heavy atom. The summed E-state index contributed by atoms with van der Waals surface area (Å²) in [7, 11) is 0. The van der Waals surface area contributed by atoms with Gasteiger partial charge in [-0.05, 0) is 60.6 Å². The molecule has 3 N–H and O–H groups in total. The van der Waals surface area contributed by atoms with Gasteiger partial charge in [-0.3, -0.25) is 0 Å². The van der Waals surface area contributed by atoms with Crippen LogP contribution in [0.4, 0.5) is 28.9 Å². The Morgan fingerprint density at radius 2 is 1.79 bits per heavy atom. The molecule has 1 aliphatic carbocycles. The topological polar surface area (TPSA) is 38.0 Å². The average Bonchev–Trinajstić information content (AvgIpc) is 3.32. The van der Waals surface area contributed by atoms with Crippen LogP contribution in [0, 0.1) is 18.6 Å². The minimum Gasteiger partial charge on any atom is -0.399 e. The van der Waals surface area contributed by atoms with Gasteiger partial charge in [-0.2, -0.15) is 0 Å². The van der Waals surface area contributed by atoms with E-state index in [2.05, 4.69) is 5.32 Å². The number of alkyl halides is 2. The van der Waals surface area contributed by atoms with Crippen molar-refractivity contribution in [3.63, 3.8) is 0 Å². The first-order chi connectivity index (χ1) is 11.4. The van der Waals surface area contributed by atoms with Gasteiger partial charge in [-0.1, -0.05) is 6.07 Å². The lowest BCUT2D eigenvalue weighted by atomic mass is 9.97. The van der Waals surface area contributed by atoms with Gasteiger partial charge in [0.2, 0.25) is 0 Å². The van der Waals surface area contributed by atoms with E-state index in [0.29, 0.717) is 18.2 Å². The van der Waals surface area contributed by atoms with Crippen molar-refractivity contribution < 1.29 is 17.6 Å². The predicted octanol–water partition coefficient (Wildman–Crippen LogP) is 5.28. The molecule has 1 aliphatic rings. The van der Waals surface area contributed by atoms with Crippen LogP contribution in [-0.2, 0) is 6.54 Å². The number of nitrogens with one attached hydrogen (secondary N) is 1. The van der Waals surface area contributed by atoms with Crippen molar-refractivity contribution in [2.75, 3.05) is 11.1 Å². The van der Waals surface area contributed by atoms with Crippen LogP contribution in [0.15, 0.2) is 24.3 Å². The molecule has 0 saturated heterocycles. The Kier molecular flexibility index (Phi) is 4.39. The number of benzene rings is 2. The lowest BCUT2D eigenvalue weighted by Gasteiger charge is -2.16. The molecule has 2 aromatic carbocycles. The summed E-state index contributed by atoms with van der Waals surface area (Å²) in [6.07, 6.45) is -0.956. The number of rotatable bonds is 5. The normalized spacial score (nSPS) is 14.2. The first kappa shape index (κ1) is 16.6. The highest BCUT2D eigenvalue weighted by Gasteiger charge is 2.27. The summed E-state index contributed by atoms with van der Waals surface area (Å²) in [5.74, 6) is -2.01. The van der Waals surface area contributed by atoms with Crippen molar-refractivity contribution in [3.05, 3.63) is 58.2 Å². The highest BCUT2D eigenvalue weighted by atomic mass is 19.3. The lowest BCUT2D eigenvalue weighted by molar-refractivity contribution is 0.141. The van der Waals surface area contributed by atoms with E-state index >= 15 is 0 Å². The second-order valence-corrected chi connectivity index (χ2v) is 6.13. The van der Waals surface area contributed by atoms with E-state index in [0.717, 1.165) is 36.1 Å². The summed E-state index contributed by atoms with van der Waals surface area (Å²) < 4.78 is 52.5. The molecule has 6 heteroatoms. The van der Waals surface area contributed by atoms with Crippen molar-refractivity contribution >= 4 is 11.4 Å². The fraction of sp³-hybridized carbons (Fsp3) is 0.333. The van der Waals surface area contributed by atoms with Crippen LogP contribution in [-0.4, -0.2) is 0 Å². The first-order valence-electron chi connectivity index (χ1n) is 7.77. The van der Waals surface area contributed by atoms with E-state index in [4.69, 9.17) is 5.73 Å². The minimum absolute atomic E-state index is 0.123. The van der Waals surface area contributed by atoms with E-state index < -0.39 is 23.6 Å². The van der Waals surface area contributed by atoms with E-state index in [9.17, 15) is 17.6 Å². The third-order valence-corrected chi connectivity index (χ3v) is 4.46. The number of nitrogen functional groups attached to an aromatic ring is 1. The highest BCUT2D eigenvalue weighted by molar-refractivity contribution is 5.56. The highest BCUT2D eigenvalue weighted by Crippen LogP contribution is 2.43. The van der Waals surface area contributed by atoms with E-state index in [1.165, 1.54) is 5.56 Å². The standard InChI is InChI=1S/C18H18F4N2/c1-9-13(12(10-2-3-10)4-5-16(9)23)8-24-11-6-14(19)17(18(21)22)15(20)7-11/h4-7,10,18,24H,2-3,8,23H2,1H3. The molecule has 128 valence electrons. The number of hydrogen-bond acceptors (Lipinski definition) is 2. The molecule has 0 aliphatic heterocycles. The molecule has 0 atom stereocenters. The van der Waals surface area contributed by atoms with Crippen LogP contribution in [0.1, 0.15) is 47.4 Å². The first-order valence-corrected chi connectivity index (χ1v) is 7.77. The van der Waals surface area contributed by atoms with Gasteiger partial charge in [0.1, 0.15) is 11.6 Å². The summed E-state index contributed by atoms with van der Waals surface area (Å²) >= 11 is 0. The van der Waals surface area contributed by atoms with E-state index in [1.54, 1.807) is 0 Å². The molecule has 2 nitrogen and oxygen atoms in total. The monoisotopic (exact) mass is 338 g/mol. The Morgan fingerprint density at radius 1 is 1.17 bits per heavy atom. The minimum atomic E-state index is -3.18. The van der Waals surface area contributed by atoms with Gasteiger partial charge in [0, 0.05) is 17.9 Å². The Hall–Kier alpha value is -2.24. The van der Waals surface area contributed by atoms with Gasteiger partial charge in [0.25, 0.3) is 6.43 Å². The Balaban J connectivity index is 1.85. The molecular weight excluding hydrogens is 320 g/mol. The van der Waals surface area contributed by atoms with E-state index in [-0.39, 0.29) is 5.69 Å². The average molecular weight is 338 g/mol. The fourth-order valence-corrected chi connectivity index (χ4v) is 2.89. The number of nitrogens with two attached hydrogens (primary N) is 1. The summed E-state index contributed by atoms with van der Waals surface area (Å²) in [6, 6.07) is 5.63. The third kappa shape index (κ3) is 3.18. The molecule has 24 heavy (non-hydrogen) atoms. The Bertz CT molecular complexity index is 747. The molecule has 0 heterocycles. The second-order valence-electron chi connectivity index (χ2n) is 6.13. The molecule has 0 radical (unpaired) electrons. The number of halogens is 4. The smallest absolute Gasteiger partial charge is 0.269 e. The Labute approximate surface area is 137 Å². The summed E-state index contributed by atoms with van der Waals surface area (Å²) in [5.41, 5.74) is 8.64. The van der Waals surface area contributed by atoms with Gasteiger partial charge in [-0.15, -0.1) is 0 Å². The van der Waals surface area contributed by atoms with Crippen molar-refractivity contribution in [2.24, 2.45) is 0 Å². The zero-order chi connectivity index (χ0) is 17.4. The fourth-order valence-electron chi connectivity index (χ4n) is 2.89. The van der Waals surface area contributed by atoms with Gasteiger partial charge < -0.3 is 11.1 Å². The van der Waals surface area contributed by atoms with Crippen molar-refractivity contribution in [1.82, 2.24) is 0 Å². The largest absolute Gasteiger partial charge is 0.399 e. The van der Waals surface area contributed by atoms with Crippen LogP contribution in [0.25, 0.3) is 0 Å². The van der Waals surface area contributed by atoms with Gasteiger partial charge >= 0.3 is 0 Å². The van der Waals surface area contributed by atoms with Crippen LogP contribution in [0.3, 0.4) is 0 Å². The quantitative estimate of drug-likeness (QED) is 0.575. The predicted molar refractivity (Wildman–Crippen MR) is 86.2 cm³/mol. The zero-order valence-electron chi connectivity index (χ0n) is 13.2. The van der Waals surface area contributed by atoms with Crippen molar-refractivity contribution in [3.8, 4) is 0 Å². The lowest BCUT2D eigenvalue weighted by Crippen LogP contribution is -2.08. The van der Waals surface area contributed by atoms with Gasteiger partial charge in [-0.25, -0.2) is 17.6 Å². The molecule has 0 bridgehead atoms. The SMILES string of the molecule is Cc1c(N)ccc(C2CC2)c1CNc1cc(F)c(C(F)F)c(F)c1. The number of hydrogen-bond donors (Lipinski definition) is 2.